The summed E-state index contributed by atoms with van der Waals surface area (Å²) >= 11 is 6.22. The van der Waals surface area contributed by atoms with Crippen molar-refractivity contribution in [2.75, 3.05) is 6.54 Å². The van der Waals surface area contributed by atoms with Gasteiger partial charge in [-0.3, -0.25) is 4.98 Å². The summed E-state index contributed by atoms with van der Waals surface area (Å²) in [5.74, 6) is 0. The number of nitrogens with one attached hydrogen (secondary N) is 1. The molecule has 0 saturated carbocycles. The first-order chi connectivity index (χ1) is 11.2. The SMILES string of the molecule is Cc1ccc(CCn2c3c(c4cc(Cl)ccc42)CNCC3)cn1. The molecule has 0 radical (unpaired) electrons. The van der Waals surface area contributed by atoms with Crippen LogP contribution in [0.3, 0.4) is 0 Å². The molecule has 0 amide bonds. The molecule has 3 heterocycles. The number of hydrogen-bond acceptors (Lipinski definition) is 2. The van der Waals surface area contributed by atoms with Crippen LogP contribution in [-0.2, 0) is 25.9 Å². The van der Waals surface area contributed by atoms with Crippen molar-refractivity contribution in [2.45, 2.75) is 32.9 Å². The Morgan fingerprint density at radius 1 is 1.26 bits per heavy atom. The third-order valence-electron chi connectivity index (χ3n) is 4.69. The first-order valence-electron chi connectivity index (χ1n) is 8.14. The van der Waals surface area contributed by atoms with Crippen LogP contribution in [0.15, 0.2) is 36.5 Å². The molecule has 0 aliphatic carbocycles. The highest BCUT2D eigenvalue weighted by molar-refractivity contribution is 6.31. The molecule has 0 fully saturated rings. The number of nitrogens with zero attached hydrogens (tertiary/aromatic N) is 2. The highest BCUT2D eigenvalue weighted by Gasteiger charge is 2.19. The first kappa shape index (κ1) is 14.7. The van der Waals surface area contributed by atoms with E-state index in [1.165, 1.54) is 27.7 Å². The topological polar surface area (TPSA) is 29.9 Å². The predicted octanol–water partition coefficient (Wildman–Crippen LogP) is 3.89. The smallest absolute Gasteiger partial charge is 0.0487 e. The van der Waals surface area contributed by atoms with Gasteiger partial charge in [0, 0.05) is 59.6 Å². The van der Waals surface area contributed by atoms with E-state index in [0.717, 1.165) is 43.2 Å². The maximum absolute atomic E-state index is 6.22. The van der Waals surface area contributed by atoms with Gasteiger partial charge in [-0.15, -0.1) is 0 Å². The van der Waals surface area contributed by atoms with Gasteiger partial charge in [-0.1, -0.05) is 17.7 Å². The van der Waals surface area contributed by atoms with E-state index >= 15 is 0 Å². The van der Waals surface area contributed by atoms with E-state index in [2.05, 4.69) is 39.1 Å². The highest BCUT2D eigenvalue weighted by atomic mass is 35.5. The summed E-state index contributed by atoms with van der Waals surface area (Å²) in [6, 6.07) is 10.5. The predicted molar refractivity (Wildman–Crippen MR) is 95.0 cm³/mol. The molecule has 0 bridgehead atoms. The molecule has 2 aromatic heterocycles. The summed E-state index contributed by atoms with van der Waals surface area (Å²) < 4.78 is 2.47. The lowest BCUT2D eigenvalue weighted by Gasteiger charge is -2.17. The van der Waals surface area contributed by atoms with Crippen LogP contribution in [0.4, 0.5) is 0 Å². The van der Waals surface area contributed by atoms with Crippen molar-refractivity contribution in [2.24, 2.45) is 0 Å². The molecule has 1 aromatic carbocycles. The Hall–Kier alpha value is -1.84. The molecule has 4 heteroatoms. The molecule has 0 unspecified atom stereocenters. The van der Waals surface area contributed by atoms with Crippen molar-refractivity contribution in [1.82, 2.24) is 14.9 Å². The van der Waals surface area contributed by atoms with E-state index in [0.29, 0.717) is 0 Å². The lowest BCUT2D eigenvalue weighted by Crippen LogP contribution is -2.24. The third kappa shape index (κ3) is 2.75. The normalized spacial score (nSPS) is 14.2. The van der Waals surface area contributed by atoms with E-state index < -0.39 is 0 Å². The van der Waals surface area contributed by atoms with Gasteiger partial charge in [0.2, 0.25) is 0 Å². The molecule has 0 atom stereocenters. The van der Waals surface area contributed by atoms with Gasteiger partial charge in [0.25, 0.3) is 0 Å². The number of aryl methyl sites for hydroxylation is 3. The summed E-state index contributed by atoms with van der Waals surface area (Å²) in [4.78, 5) is 4.40. The molecule has 118 valence electrons. The van der Waals surface area contributed by atoms with Gasteiger partial charge in [0.15, 0.2) is 0 Å². The van der Waals surface area contributed by atoms with Crippen molar-refractivity contribution in [3.8, 4) is 0 Å². The molecule has 4 rings (SSSR count). The third-order valence-corrected chi connectivity index (χ3v) is 4.92. The summed E-state index contributed by atoms with van der Waals surface area (Å²) in [5.41, 5.74) is 6.52. The van der Waals surface area contributed by atoms with Gasteiger partial charge in [-0.25, -0.2) is 0 Å². The average Bonchev–Trinajstić information content (AvgIpc) is 2.88. The fourth-order valence-electron chi connectivity index (χ4n) is 3.50. The standard InChI is InChI=1S/C19H20ClN3/c1-13-2-3-14(11-22-13)7-9-23-18-5-4-15(20)10-16(18)17-12-21-8-6-19(17)23/h2-5,10-11,21H,6-9,12H2,1H3. The van der Waals surface area contributed by atoms with Crippen LogP contribution in [0.1, 0.15) is 22.5 Å². The van der Waals surface area contributed by atoms with Gasteiger partial charge in [0.05, 0.1) is 0 Å². The fourth-order valence-corrected chi connectivity index (χ4v) is 3.67. The van der Waals surface area contributed by atoms with E-state index in [9.17, 15) is 0 Å². The van der Waals surface area contributed by atoms with Crippen molar-refractivity contribution < 1.29 is 0 Å². The summed E-state index contributed by atoms with van der Waals surface area (Å²) in [7, 11) is 0. The monoisotopic (exact) mass is 325 g/mol. The van der Waals surface area contributed by atoms with Crippen molar-refractivity contribution in [3.63, 3.8) is 0 Å². The van der Waals surface area contributed by atoms with E-state index in [-0.39, 0.29) is 0 Å². The van der Waals surface area contributed by atoms with Crippen LogP contribution in [0.25, 0.3) is 10.9 Å². The zero-order chi connectivity index (χ0) is 15.8. The van der Waals surface area contributed by atoms with Crippen LogP contribution >= 0.6 is 11.6 Å². The maximum Gasteiger partial charge on any atom is 0.0487 e. The lowest BCUT2D eigenvalue weighted by molar-refractivity contribution is 0.594. The van der Waals surface area contributed by atoms with Crippen molar-refractivity contribution in [1.29, 1.82) is 0 Å². The molecule has 3 nitrogen and oxygen atoms in total. The number of halogens is 1. The minimum Gasteiger partial charge on any atom is -0.344 e. The van der Waals surface area contributed by atoms with E-state index in [4.69, 9.17) is 11.6 Å². The molecular weight excluding hydrogens is 306 g/mol. The minimum absolute atomic E-state index is 0.811. The molecule has 1 aliphatic heterocycles. The van der Waals surface area contributed by atoms with Gasteiger partial charge >= 0.3 is 0 Å². The Kier molecular flexibility index (Phi) is 3.83. The number of aromatic nitrogens is 2. The second kappa shape index (κ2) is 5.99. The molecule has 23 heavy (non-hydrogen) atoms. The quantitative estimate of drug-likeness (QED) is 0.792. The molecule has 0 saturated heterocycles. The number of pyridine rings is 1. The zero-order valence-electron chi connectivity index (χ0n) is 13.3. The van der Waals surface area contributed by atoms with E-state index in [1.807, 2.05) is 19.2 Å². The number of benzene rings is 1. The van der Waals surface area contributed by atoms with Crippen LogP contribution in [-0.4, -0.2) is 16.1 Å². The second-order valence-corrected chi connectivity index (χ2v) is 6.66. The van der Waals surface area contributed by atoms with Crippen LogP contribution in [0.2, 0.25) is 5.02 Å². The Bertz CT molecular complexity index is 849. The van der Waals surface area contributed by atoms with Gasteiger partial charge in [-0.05, 0) is 48.7 Å². The number of fused-ring (bicyclic) bond motifs is 3. The Morgan fingerprint density at radius 2 is 2.17 bits per heavy atom. The van der Waals surface area contributed by atoms with Gasteiger partial charge < -0.3 is 9.88 Å². The van der Waals surface area contributed by atoms with Crippen LogP contribution in [0, 0.1) is 6.92 Å². The Labute approximate surface area is 141 Å². The summed E-state index contributed by atoms with van der Waals surface area (Å²) in [6.45, 7) is 4.99. The van der Waals surface area contributed by atoms with Gasteiger partial charge in [-0.2, -0.15) is 0 Å². The number of rotatable bonds is 3. The molecular formula is C19H20ClN3. The Morgan fingerprint density at radius 3 is 3.00 bits per heavy atom. The summed E-state index contributed by atoms with van der Waals surface area (Å²) in [6.07, 6.45) is 4.07. The van der Waals surface area contributed by atoms with Crippen LogP contribution < -0.4 is 5.32 Å². The zero-order valence-corrected chi connectivity index (χ0v) is 14.0. The van der Waals surface area contributed by atoms with Gasteiger partial charge in [0.1, 0.15) is 0 Å². The average molecular weight is 326 g/mol. The summed E-state index contributed by atoms with van der Waals surface area (Å²) in [5, 5.41) is 5.58. The molecule has 1 N–H and O–H groups in total. The van der Waals surface area contributed by atoms with Crippen molar-refractivity contribution >= 4 is 22.5 Å². The van der Waals surface area contributed by atoms with Crippen molar-refractivity contribution in [3.05, 3.63) is 64.1 Å². The number of hydrogen-bond donors (Lipinski definition) is 1. The first-order valence-corrected chi connectivity index (χ1v) is 8.52. The largest absolute Gasteiger partial charge is 0.344 e. The second-order valence-electron chi connectivity index (χ2n) is 6.22. The maximum atomic E-state index is 6.22. The minimum atomic E-state index is 0.811. The molecule has 3 aromatic rings. The fraction of sp³-hybridized carbons (Fsp3) is 0.316. The highest BCUT2D eigenvalue weighted by Crippen LogP contribution is 2.31. The molecule has 0 spiro atoms. The lowest BCUT2D eigenvalue weighted by atomic mass is 10.1. The molecule has 1 aliphatic rings. The van der Waals surface area contributed by atoms with E-state index in [1.54, 1.807) is 0 Å². The van der Waals surface area contributed by atoms with Crippen LogP contribution in [0.5, 0.6) is 0 Å². The Balaban J connectivity index is 1.72.